The molecule has 0 amide bonds. The molecule has 0 bridgehead atoms. The maximum Gasteiger partial charge on any atom is 0.154 e. The number of aliphatic hydroxyl groups is 2. The molecule has 4 N–H and O–H groups in total. The highest BCUT2D eigenvalue weighted by Crippen LogP contribution is 2.34. The fraction of sp³-hybridized carbons (Fsp3) is 0.292. The van der Waals surface area contributed by atoms with E-state index in [0.717, 1.165) is 47.1 Å². The molecule has 31 heavy (non-hydrogen) atoms. The first-order valence-electron chi connectivity index (χ1n) is 10.6. The third-order valence-electron chi connectivity index (χ3n) is 6.14. The van der Waals surface area contributed by atoms with Gasteiger partial charge in [-0.2, -0.15) is 5.10 Å². The van der Waals surface area contributed by atoms with Gasteiger partial charge in [0, 0.05) is 16.9 Å². The third-order valence-corrected chi connectivity index (χ3v) is 6.14. The van der Waals surface area contributed by atoms with Gasteiger partial charge < -0.3 is 15.9 Å². The van der Waals surface area contributed by atoms with Crippen molar-refractivity contribution in [1.29, 1.82) is 0 Å². The Morgan fingerprint density at radius 1 is 1.06 bits per heavy atom. The van der Waals surface area contributed by atoms with Crippen molar-refractivity contribution in [3.05, 3.63) is 72.2 Å². The molecule has 3 heterocycles. The fourth-order valence-corrected chi connectivity index (χ4v) is 4.44. The van der Waals surface area contributed by atoms with Gasteiger partial charge in [0.15, 0.2) is 5.82 Å². The van der Waals surface area contributed by atoms with Crippen molar-refractivity contribution in [2.45, 2.75) is 38.0 Å². The van der Waals surface area contributed by atoms with Crippen LogP contribution in [0.15, 0.2) is 60.8 Å². The first-order valence-corrected chi connectivity index (χ1v) is 10.6. The van der Waals surface area contributed by atoms with Crippen LogP contribution in [0.1, 0.15) is 36.7 Å². The summed E-state index contributed by atoms with van der Waals surface area (Å²) in [6.07, 6.45) is 4.19. The normalized spacial score (nSPS) is 19.7. The second-order valence-electron chi connectivity index (χ2n) is 8.11. The van der Waals surface area contributed by atoms with E-state index in [4.69, 9.17) is 10.7 Å². The van der Waals surface area contributed by atoms with Gasteiger partial charge in [-0.15, -0.1) is 0 Å². The standard InChI is InChI=1S/C24H25N5O2/c25-24(18-5-2-8-22(18)31)20-7-3-6-19(28-20)15-10-11-16-13-26-29(21(16)12-15)23-9-1-4-17(14-30)27-23/h1,3-4,6-7,9-13,18,22,24,30-31H,2,5,8,14,25H2. The van der Waals surface area contributed by atoms with Crippen LogP contribution < -0.4 is 5.73 Å². The highest BCUT2D eigenvalue weighted by molar-refractivity contribution is 5.84. The van der Waals surface area contributed by atoms with Gasteiger partial charge in [0.25, 0.3) is 0 Å². The van der Waals surface area contributed by atoms with E-state index >= 15 is 0 Å². The number of hydrogen-bond acceptors (Lipinski definition) is 6. The molecule has 3 atom stereocenters. The smallest absolute Gasteiger partial charge is 0.154 e. The van der Waals surface area contributed by atoms with Crippen LogP contribution in [-0.2, 0) is 6.61 Å². The van der Waals surface area contributed by atoms with E-state index in [-0.39, 0.29) is 24.7 Å². The monoisotopic (exact) mass is 415 g/mol. The Labute approximate surface area is 180 Å². The largest absolute Gasteiger partial charge is 0.393 e. The molecule has 0 saturated heterocycles. The summed E-state index contributed by atoms with van der Waals surface area (Å²) < 4.78 is 1.77. The summed E-state index contributed by atoms with van der Waals surface area (Å²) in [6, 6.07) is 17.2. The van der Waals surface area contributed by atoms with E-state index in [1.54, 1.807) is 16.9 Å². The molecule has 7 nitrogen and oxygen atoms in total. The Balaban J connectivity index is 1.52. The van der Waals surface area contributed by atoms with E-state index in [2.05, 4.69) is 10.1 Å². The molecule has 1 aliphatic carbocycles. The molecule has 0 aliphatic heterocycles. The second kappa shape index (κ2) is 8.19. The molecule has 4 aromatic rings. The predicted molar refractivity (Wildman–Crippen MR) is 118 cm³/mol. The first-order chi connectivity index (χ1) is 15.1. The molecule has 1 aromatic carbocycles. The van der Waals surface area contributed by atoms with Crippen LogP contribution in [0.25, 0.3) is 28.0 Å². The summed E-state index contributed by atoms with van der Waals surface area (Å²) in [5.41, 5.74) is 10.6. The maximum atomic E-state index is 10.2. The highest BCUT2D eigenvalue weighted by Gasteiger charge is 2.32. The lowest BCUT2D eigenvalue weighted by Crippen LogP contribution is -2.28. The van der Waals surface area contributed by atoms with Gasteiger partial charge in [-0.1, -0.05) is 30.7 Å². The van der Waals surface area contributed by atoms with Gasteiger partial charge in [0.2, 0.25) is 0 Å². The van der Waals surface area contributed by atoms with Gasteiger partial charge in [-0.05, 0) is 43.2 Å². The summed E-state index contributed by atoms with van der Waals surface area (Å²) >= 11 is 0. The van der Waals surface area contributed by atoms with E-state index in [1.807, 2.05) is 48.5 Å². The summed E-state index contributed by atoms with van der Waals surface area (Å²) in [5.74, 6) is 0.703. The molecule has 5 rings (SSSR count). The topological polar surface area (TPSA) is 110 Å². The van der Waals surface area contributed by atoms with E-state index < -0.39 is 0 Å². The lowest BCUT2D eigenvalue weighted by molar-refractivity contribution is 0.117. The number of aliphatic hydroxyl groups excluding tert-OH is 2. The zero-order chi connectivity index (χ0) is 21.4. The van der Waals surface area contributed by atoms with Gasteiger partial charge in [-0.25, -0.2) is 9.67 Å². The number of benzene rings is 1. The summed E-state index contributed by atoms with van der Waals surface area (Å²) in [6.45, 7) is -0.120. The minimum Gasteiger partial charge on any atom is -0.393 e. The van der Waals surface area contributed by atoms with Gasteiger partial charge >= 0.3 is 0 Å². The quantitative estimate of drug-likeness (QED) is 0.462. The van der Waals surface area contributed by atoms with Crippen LogP contribution in [0.3, 0.4) is 0 Å². The number of pyridine rings is 2. The Kier molecular flexibility index (Phi) is 5.23. The second-order valence-corrected chi connectivity index (χ2v) is 8.11. The molecule has 0 radical (unpaired) electrons. The van der Waals surface area contributed by atoms with Crippen molar-refractivity contribution in [1.82, 2.24) is 19.7 Å². The highest BCUT2D eigenvalue weighted by atomic mass is 16.3. The number of hydrogen-bond donors (Lipinski definition) is 3. The van der Waals surface area contributed by atoms with Crippen molar-refractivity contribution in [2.24, 2.45) is 11.7 Å². The zero-order valence-electron chi connectivity index (χ0n) is 17.1. The summed E-state index contributed by atoms with van der Waals surface area (Å²) in [4.78, 5) is 9.30. The van der Waals surface area contributed by atoms with Crippen LogP contribution in [0.5, 0.6) is 0 Å². The SMILES string of the molecule is NC(c1cccc(-c2ccc3cnn(-c4cccc(CO)n4)c3c2)n1)C1CCCC1O. The summed E-state index contributed by atoms with van der Waals surface area (Å²) in [7, 11) is 0. The van der Waals surface area contributed by atoms with Crippen LogP contribution in [-0.4, -0.2) is 36.1 Å². The summed E-state index contributed by atoms with van der Waals surface area (Å²) in [5, 5.41) is 25.1. The molecule has 3 unspecified atom stereocenters. The average molecular weight is 415 g/mol. The van der Waals surface area contributed by atoms with E-state index in [1.165, 1.54) is 0 Å². The third kappa shape index (κ3) is 3.72. The van der Waals surface area contributed by atoms with Crippen LogP contribution in [0.2, 0.25) is 0 Å². The molecular weight excluding hydrogens is 390 g/mol. The molecule has 1 fully saturated rings. The molecule has 158 valence electrons. The van der Waals surface area contributed by atoms with Crippen LogP contribution >= 0.6 is 0 Å². The van der Waals surface area contributed by atoms with Crippen molar-refractivity contribution in [3.8, 4) is 17.1 Å². The molecule has 1 aliphatic rings. The van der Waals surface area contributed by atoms with Crippen molar-refractivity contribution < 1.29 is 10.2 Å². The Bertz CT molecular complexity index is 1220. The van der Waals surface area contributed by atoms with Crippen LogP contribution in [0.4, 0.5) is 0 Å². The molecule has 0 spiro atoms. The van der Waals surface area contributed by atoms with E-state index in [9.17, 15) is 10.2 Å². The Hall–Kier alpha value is -3.13. The fourth-order valence-electron chi connectivity index (χ4n) is 4.44. The van der Waals surface area contributed by atoms with Crippen molar-refractivity contribution >= 4 is 10.9 Å². The minimum absolute atomic E-state index is 0.0523. The molecule has 7 heteroatoms. The lowest BCUT2D eigenvalue weighted by atomic mass is 9.93. The number of rotatable bonds is 5. The number of nitrogens with two attached hydrogens (primary N) is 1. The van der Waals surface area contributed by atoms with Gasteiger partial charge in [0.1, 0.15) is 0 Å². The van der Waals surface area contributed by atoms with Crippen LogP contribution in [0, 0.1) is 5.92 Å². The lowest BCUT2D eigenvalue weighted by Gasteiger charge is -2.22. The average Bonchev–Trinajstić information content (AvgIpc) is 3.44. The van der Waals surface area contributed by atoms with Gasteiger partial charge in [-0.3, -0.25) is 4.98 Å². The number of nitrogens with zero attached hydrogens (tertiary/aromatic N) is 4. The first kappa shape index (κ1) is 19.8. The molecule has 3 aromatic heterocycles. The Morgan fingerprint density at radius 3 is 2.74 bits per heavy atom. The zero-order valence-corrected chi connectivity index (χ0v) is 17.1. The predicted octanol–water partition coefficient (Wildman–Crippen LogP) is 3.14. The van der Waals surface area contributed by atoms with Crippen molar-refractivity contribution in [3.63, 3.8) is 0 Å². The van der Waals surface area contributed by atoms with Gasteiger partial charge in [0.05, 0.1) is 47.5 Å². The number of aromatic nitrogens is 4. The maximum absolute atomic E-state index is 10.2. The molecular formula is C24H25N5O2. The van der Waals surface area contributed by atoms with Crippen molar-refractivity contribution in [2.75, 3.05) is 0 Å². The Morgan fingerprint density at radius 2 is 1.94 bits per heavy atom. The minimum atomic E-state index is -0.353. The molecule has 1 saturated carbocycles. The van der Waals surface area contributed by atoms with E-state index in [0.29, 0.717) is 11.5 Å². The number of fused-ring (bicyclic) bond motifs is 1.